The second-order valence-corrected chi connectivity index (χ2v) is 3.72. The number of carboxylic acid groups (broad SMARTS) is 2. The van der Waals surface area contributed by atoms with Gasteiger partial charge in [0.15, 0.2) is 0 Å². The van der Waals surface area contributed by atoms with Crippen molar-refractivity contribution in [3.63, 3.8) is 0 Å². The zero-order valence-electron chi connectivity index (χ0n) is 7.88. The van der Waals surface area contributed by atoms with Gasteiger partial charge in [-0.3, -0.25) is 4.79 Å². The van der Waals surface area contributed by atoms with E-state index in [1.54, 1.807) is 18.2 Å². The van der Waals surface area contributed by atoms with E-state index in [2.05, 4.69) is 0 Å². The molecule has 1 saturated carbocycles. The highest BCUT2D eigenvalue weighted by molar-refractivity contribution is 5.88. The Morgan fingerprint density at radius 2 is 2.00 bits per heavy atom. The summed E-state index contributed by atoms with van der Waals surface area (Å²) >= 11 is 0. The highest BCUT2D eigenvalue weighted by atomic mass is 16.4. The average molecular weight is 206 g/mol. The van der Waals surface area contributed by atoms with Crippen molar-refractivity contribution in [1.29, 1.82) is 0 Å². The van der Waals surface area contributed by atoms with E-state index < -0.39 is 11.9 Å². The molecule has 1 aromatic carbocycles. The fourth-order valence-corrected chi connectivity index (χ4v) is 1.74. The van der Waals surface area contributed by atoms with Gasteiger partial charge in [0.2, 0.25) is 0 Å². The van der Waals surface area contributed by atoms with Gasteiger partial charge in [-0.1, -0.05) is 12.1 Å². The van der Waals surface area contributed by atoms with Gasteiger partial charge in [0.05, 0.1) is 11.5 Å². The third-order valence-electron chi connectivity index (χ3n) is 2.67. The molecule has 0 heterocycles. The minimum atomic E-state index is -0.982. The van der Waals surface area contributed by atoms with E-state index in [0.717, 1.165) is 5.56 Å². The molecule has 78 valence electrons. The topological polar surface area (TPSA) is 74.6 Å². The van der Waals surface area contributed by atoms with Crippen molar-refractivity contribution in [1.82, 2.24) is 0 Å². The van der Waals surface area contributed by atoms with Crippen LogP contribution in [-0.2, 0) is 4.79 Å². The van der Waals surface area contributed by atoms with E-state index in [-0.39, 0.29) is 17.4 Å². The van der Waals surface area contributed by atoms with Crippen LogP contribution < -0.4 is 0 Å². The van der Waals surface area contributed by atoms with Gasteiger partial charge in [0, 0.05) is 0 Å². The van der Waals surface area contributed by atoms with Crippen LogP contribution in [0.1, 0.15) is 28.3 Å². The third-order valence-corrected chi connectivity index (χ3v) is 2.67. The third kappa shape index (κ3) is 1.83. The van der Waals surface area contributed by atoms with Crippen LogP contribution in [0.3, 0.4) is 0 Å². The predicted molar refractivity (Wildman–Crippen MR) is 51.9 cm³/mol. The van der Waals surface area contributed by atoms with Gasteiger partial charge in [-0.25, -0.2) is 4.79 Å². The van der Waals surface area contributed by atoms with Gasteiger partial charge in [-0.15, -0.1) is 0 Å². The molecule has 1 aliphatic carbocycles. The Hall–Kier alpha value is -1.84. The van der Waals surface area contributed by atoms with Crippen LogP contribution in [-0.4, -0.2) is 22.2 Å². The van der Waals surface area contributed by atoms with Crippen molar-refractivity contribution in [2.75, 3.05) is 0 Å². The first-order chi connectivity index (χ1) is 7.09. The van der Waals surface area contributed by atoms with Crippen molar-refractivity contribution in [2.45, 2.75) is 12.3 Å². The molecular formula is C11H10O4. The predicted octanol–water partition coefficient (Wildman–Crippen LogP) is 1.57. The SMILES string of the molecule is O=C(O)c1cccc(C2CC2C(=O)O)c1. The molecule has 2 N–H and O–H groups in total. The summed E-state index contributed by atoms with van der Waals surface area (Å²) in [5.41, 5.74) is 1.02. The van der Waals surface area contributed by atoms with E-state index >= 15 is 0 Å². The number of carboxylic acids is 2. The van der Waals surface area contributed by atoms with Gasteiger partial charge in [0.1, 0.15) is 0 Å². The summed E-state index contributed by atoms with van der Waals surface area (Å²) in [4.78, 5) is 21.3. The first-order valence-corrected chi connectivity index (χ1v) is 4.65. The molecule has 0 bridgehead atoms. The molecule has 1 fully saturated rings. The van der Waals surface area contributed by atoms with Crippen LogP contribution in [0.5, 0.6) is 0 Å². The fourth-order valence-electron chi connectivity index (χ4n) is 1.74. The number of benzene rings is 1. The minimum absolute atomic E-state index is 0.0122. The normalized spacial score (nSPS) is 23.5. The summed E-state index contributed by atoms with van der Waals surface area (Å²) in [6, 6.07) is 6.48. The molecular weight excluding hydrogens is 196 g/mol. The van der Waals surface area contributed by atoms with Crippen LogP contribution in [0, 0.1) is 5.92 Å². The zero-order chi connectivity index (χ0) is 11.0. The van der Waals surface area contributed by atoms with E-state index in [0.29, 0.717) is 6.42 Å². The molecule has 2 atom stereocenters. The molecule has 0 aliphatic heterocycles. The number of aliphatic carboxylic acids is 1. The fraction of sp³-hybridized carbons (Fsp3) is 0.273. The standard InChI is InChI=1S/C11H10O4/c12-10(13)7-3-1-2-6(4-7)8-5-9(8)11(14)15/h1-4,8-9H,5H2,(H,12,13)(H,14,15). The summed E-state index contributed by atoms with van der Waals surface area (Å²) in [7, 11) is 0. The Morgan fingerprint density at radius 1 is 1.27 bits per heavy atom. The first-order valence-electron chi connectivity index (χ1n) is 4.65. The number of hydrogen-bond acceptors (Lipinski definition) is 2. The quantitative estimate of drug-likeness (QED) is 0.787. The van der Waals surface area contributed by atoms with Crippen molar-refractivity contribution < 1.29 is 19.8 Å². The molecule has 2 unspecified atom stereocenters. The van der Waals surface area contributed by atoms with Gasteiger partial charge in [-0.05, 0) is 30.0 Å². The molecule has 1 aromatic rings. The van der Waals surface area contributed by atoms with Crippen LogP contribution >= 0.6 is 0 Å². The van der Waals surface area contributed by atoms with E-state index in [4.69, 9.17) is 10.2 Å². The Bertz CT molecular complexity index is 424. The van der Waals surface area contributed by atoms with Crippen molar-refractivity contribution in [2.24, 2.45) is 5.92 Å². The van der Waals surface area contributed by atoms with Crippen molar-refractivity contribution >= 4 is 11.9 Å². The van der Waals surface area contributed by atoms with Gasteiger partial charge in [-0.2, -0.15) is 0 Å². The Balaban J connectivity index is 2.20. The lowest BCUT2D eigenvalue weighted by atomic mass is 10.1. The highest BCUT2D eigenvalue weighted by Gasteiger charge is 2.44. The van der Waals surface area contributed by atoms with Crippen LogP contribution in [0.25, 0.3) is 0 Å². The summed E-state index contributed by atoms with van der Waals surface area (Å²) in [6.45, 7) is 0. The molecule has 0 aromatic heterocycles. The average Bonchev–Trinajstić information content (AvgIpc) is 2.97. The first kappa shape index (κ1) is 9.71. The monoisotopic (exact) mass is 206 g/mol. The Labute approximate surface area is 86.2 Å². The number of aromatic carboxylic acids is 1. The van der Waals surface area contributed by atoms with E-state index in [9.17, 15) is 9.59 Å². The molecule has 2 rings (SSSR count). The summed E-state index contributed by atoms with van der Waals surface area (Å²) < 4.78 is 0. The molecule has 0 radical (unpaired) electrons. The number of rotatable bonds is 3. The van der Waals surface area contributed by atoms with E-state index in [1.807, 2.05) is 0 Å². The molecule has 4 heteroatoms. The van der Waals surface area contributed by atoms with Gasteiger partial charge >= 0.3 is 11.9 Å². The van der Waals surface area contributed by atoms with Crippen molar-refractivity contribution in [3.8, 4) is 0 Å². The van der Waals surface area contributed by atoms with Crippen LogP contribution in [0.4, 0.5) is 0 Å². The molecule has 15 heavy (non-hydrogen) atoms. The maximum atomic E-state index is 10.7. The van der Waals surface area contributed by atoms with Crippen LogP contribution in [0.15, 0.2) is 24.3 Å². The minimum Gasteiger partial charge on any atom is -0.481 e. The lowest BCUT2D eigenvalue weighted by Gasteiger charge is -2.00. The zero-order valence-corrected chi connectivity index (χ0v) is 7.88. The lowest BCUT2D eigenvalue weighted by molar-refractivity contribution is -0.138. The summed E-state index contributed by atoms with van der Waals surface area (Å²) in [5, 5.41) is 17.5. The van der Waals surface area contributed by atoms with Crippen molar-refractivity contribution in [3.05, 3.63) is 35.4 Å². The Morgan fingerprint density at radius 3 is 2.53 bits per heavy atom. The lowest BCUT2D eigenvalue weighted by Crippen LogP contribution is -2.00. The van der Waals surface area contributed by atoms with Gasteiger partial charge < -0.3 is 10.2 Å². The van der Waals surface area contributed by atoms with E-state index in [1.165, 1.54) is 6.07 Å². The second-order valence-electron chi connectivity index (χ2n) is 3.72. The molecule has 0 spiro atoms. The maximum absolute atomic E-state index is 10.7. The van der Waals surface area contributed by atoms with Crippen LogP contribution in [0.2, 0.25) is 0 Å². The molecule has 4 nitrogen and oxygen atoms in total. The molecule has 1 aliphatic rings. The Kier molecular flexibility index (Phi) is 2.19. The summed E-state index contributed by atoms with van der Waals surface area (Å²) in [5.74, 6) is -2.14. The largest absolute Gasteiger partial charge is 0.481 e. The molecule has 0 amide bonds. The summed E-state index contributed by atoms with van der Waals surface area (Å²) in [6.07, 6.45) is 0.610. The molecule has 0 saturated heterocycles. The number of carbonyl (C=O) groups is 2. The van der Waals surface area contributed by atoms with Gasteiger partial charge in [0.25, 0.3) is 0 Å². The highest BCUT2D eigenvalue weighted by Crippen LogP contribution is 2.47. The smallest absolute Gasteiger partial charge is 0.335 e. The number of hydrogen-bond donors (Lipinski definition) is 2. The second kappa shape index (κ2) is 3.38. The maximum Gasteiger partial charge on any atom is 0.335 e.